The van der Waals surface area contributed by atoms with Crippen LogP contribution >= 0.6 is 0 Å². The standard InChI is InChI=1S/C68H46N4/c1-9-25-45(26-10-1)57-53-41-42-54(69-53)58(46-27-11-2-12-28-46)67-63(51-37-21-7-22-38-51)64(52-39-23-8-24-40-52)68(72-67)60(48-31-15-4-16-32-48)56-44-43-55(70-56)59(47-29-13-3-14-30-47)66-62(50-35-19-6-20-36-50)61(65(57)71-66)49-33-17-5-18-34-49/h1-44,71-72H. The molecule has 2 aliphatic rings. The van der Waals surface area contributed by atoms with Crippen molar-refractivity contribution in [2.45, 2.75) is 0 Å². The second-order valence-corrected chi connectivity index (χ2v) is 18.1. The summed E-state index contributed by atoms with van der Waals surface area (Å²) in [5.74, 6) is 0. The van der Waals surface area contributed by atoms with Gasteiger partial charge in [-0.1, -0.05) is 243 Å². The molecule has 8 aromatic carbocycles. The maximum absolute atomic E-state index is 5.82. The molecule has 0 aliphatic carbocycles. The highest BCUT2D eigenvalue weighted by molar-refractivity contribution is 6.15. The Kier molecular flexibility index (Phi) is 10.8. The van der Waals surface area contributed by atoms with Gasteiger partial charge in [0.05, 0.1) is 44.8 Å². The van der Waals surface area contributed by atoms with E-state index in [1.807, 2.05) is 0 Å². The van der Waals surface area contributed by atoms with Gasteiger partial charge in [-0.05, 0) is 68.8 Å². The molecule has 0 unspecified atom stereocenters. The van der Waals surface area contributed by atoms with Crippen molar-refractivity contribution in [1.29, 1.82) is 0 Å². The minimum Gasteiger partial charge on any atom is -0.353 e. The Hall–Kier alpha value is -9.64. The van der Waals surface area contributed by atoms with Crippen molar-refractivity contribution in [1.82, 2.24) is 19.9 Å². The van der Waals surface area contributed by atoms with Crippen LogP contribution in [0.2, 0.25) is 0 Å². The van der Waals surface area contributed by atoms with Crippen LogP contribution in [0.5, 0.6) is 0 Å². The van der Waals surface area contributed by atoms with E-state index >= 15 is 0 Å². The molecule has 0 saturated heterocycles. The van der Waals surface area contributed by atoms with Gasteiger partial charge in [-0.2, -0.15) is 0 Å². The van der Waals surface area contributed by atoms with Crippen LogP contribution in [-0.4, -0.2) is 19.9 Å². The summed E-state index contributed by atoms with van der Waals surface area (Å²) in [6.07, 6.45) is 8.81. The van der Waals surface area contributed by atoms with Crippen LogP contribution < -0.4 is 0 Å². The monoisotopic (exact) mass is 918 g/mol. The van der Waals surface area contributed by atoms with Gasteiger partial charge >= 0.3 is 0 Å². The zero-order valence-corrected chi connectivity index (χ0v) is 39.3. The smallest absolute Gasteiger partial charge is 0.0737 e. The van der Waals surface area contributed by atoms with Gasteiger partial charge < -0.3 is 9.97 Å². The highest BCUT2D eigenvalue weighted by atomic mass is 14.8. The van der Waals surface area contributed by atoms with E-state index in [2.05, 4.69) is 277 Å². The number of fused-ring (bicyclic) bond motifs is 8. The first-order valence-corrected chi connectivity index (χ1v) is 24.5. The van der Waals surface area contributed by atoms with Crippen molar-refractivity contribution in [2.75, 3.05) is 0 Å². The zero-order chi connectivity index (χ0) is 47.8. The number of H-pyrrole nitrogens is 2. The first-order valence-electron chi connectivity index (χ1n) is 24.5. The Bertz CT molecular complexity index is 3490. The minimum atomic E-state index is 0.851. The van der Waals surface area contributed by atoms with E-state index in [9.17, 15) is 0 Å². The lowest BCUT2D eigenvalue weighted by Crippen LogP contribution is -1.90. The summed E-state index contributed by atoms with van der Waals surface area (Å²) in [4.78, 5) is 20.0. The molecule has 2 aliphatic heterocycles. The molecule has 0 amide bonds. The summed E-state index contributed by atoms with van der Waals surface area (Å²) in [6, 6.07) is 86.0. The van der Waals surface area contributed by atoms with Gasteiger partial charge in [-0.25, -0.2) is 9.97 Å². The highest BCUT2D eigenvalue weighted by Gasteiger charge is 2.28. The molecule has 338 valence electrons. The number of hydrogen-bond acceptors (Lipinski definition) is 2. The number of hydrogen-bond donors (Lipinski definition) is 2. The van der Waals surface area contributed by atoms with Crippen LogP contribution in [0.15, 0.2) is 243 Å². The molecule has 13 rings (SSSR count). The van der Waals surface area contributed by atoms with E-state index in [-0.39, 0.29) is 0 Å². The normalized spacial score (nSPS) is 11.8. The Labute approximate surface area is 418 Å². The molecule has 0 fully saturated rings. The Morgan fingerprint density at radius 2 is 0.333 bits per heavy atom. The van der Waals surface area contributed by atoms with Crippen molar-refractivity contribution >= 4 is 46.4 Å². The van der Waals surface area contributed by atoms with Crippen molar-refractivity contribution in [2.24, 2.45) is 0 Å². The van der Waals surface area contributed by atoms with Crippen LogP contribution in [0.25, 0.3) is 135 Å². The van der Waals surface area contributed by atoms with E-state index < -0.39 is 0 Å². The van der Waals surface area contributed by atoms with Gasteiger partial charge in [-0.3, -0.25) is 0 Å². The van der Waals surface area contributed by atoms with Crippen molar-refractivity contribution in [3.63, 3.8) is 0 Å². The van der Waals surface area contributed by atoms with E-state index in [0.717, 1.165) is 134 Å². The maximum atomic E-state index is 5.82. The Morgan fingerprint density at radius 1 is 0.181 bits per heavy atom. The van der Waals surface area contributed by atoms with Crippen LogP contribution in [-0.2, 0) is 0 Å². The van der Waals surface area contributed by atoms with Crippen molar-refractivity contribution < 1.29 is 0 Å². The van der Waals surface area contributed by atoms with Crippen LogP contribution in [0.1, 0.15) is 22.8 Å². The summed E-state index contributed by atoms with van der Waals surface area (Å²) < 4.78 is 0. The number of nitrogens with one attached hydrogen (secondary N) is 2. The second kappa shape index (κ2) is 18.4. The molecule has 0 saturated carbocycles. The lowest BCUT2D eigenvalue weighted by Gasteiger charge is -2.11. The van der Waals surface area contributed by atoms with Gasteiger partial charge in [0.25, 0.3) is 0 Å². The van der Waals surface area contributed by atoms with Gasteiger partial charge in [0.15, 0.2) is 0 Å². The molecule has 0 spiro atoms. The molecule has 3 aromatic heterocycles. The molecule has 4 nitrogen and oxygen atoms in total. The molecular formula is C68H46N4. The molecule has 5 heterocycles. The fourth-order valence-corrected chi connectivity index (χ4v) is 10.7. The molecule has 2 N–H and O–H groups in total. The number of rotatable bonds is 8. The van der Waals surface area contributed by atoms with E-state index in [1.165, 1.54) is 0 Å². The third-order valence-corrected chi connectivity index (χ3v) is 13.8. The fourth-order valence-electron chi connectivity index (χ4n) is 10.7. The SMILES string of the molecule is C1=Cc2nc1c(-c1ccccc1)c1[nH]c(c(-c3ccccc3)c3nc(c(-c4ccccc4)c4[nH]c(c2-c2ccccc2)c(-c2ccccc2)c4-c2ccccc2)C=C3)c(-c2ccccc2)c1-c1ccccc1. The summed E-state index contributed by atoms with van der Waals surface area (Å²) in [5, 5.41) is 0. The maximum Gasteiger partial charge on any atom is 0.0737 e. The van der Waals surface area contributed by atoms with E-state index in [4.69, 9.17) is 9.97 Å². The number of aromatic amines is 2. The molecule has 72 heavy (non-hydrogen) atoms. The number of nitrogens with zero attached hydrogens (tertiary/aromatic N) is 2. The summed E-state index contributed by atoms with van der Waals surface area (Å²) in [5.41, 5.74) is 24.1. The van der Waals surface area contributed by atoms with Crippen LogP contribution in [0.3, 0.4) is 0 Å². The number of benzene rings is 8. The van der Waals surface area contributed by atoms with Gasteiger partial charge in [0, 0.05) is 44.5 Å². The molecule has 11 aromatic rings. The quantitative estimate of drug-likeness (QED) is 0.160. The van der Waals surface area contributed by atoms with Crippen molar-refractivity contribution in [3.05, 3.63) is 265 Å². The first kappa shape index (κ1) is 42.5. The van der Waals surface area contributed by atoms with E-state index in [0.29, 0.717) is 0 Å². The second-order valence-electron chi connectivity index (χ2n) is 18.1. The molecular weight excluding hydrogens is 873 g/mol. The third-order valence-electron chi connectivity index (χ3n) is 13.8. The lowest BCUT2D eigenvalue weighted by atomic mass is 9.91. The Morgan fingerprint density at radius 3 is 0.500 bits per heavy atom. The largest absolute Gasteiger partial charge is 0.353 e. The average molecular weight is 919 g/mol. The number of aromatic nitrogens is 4. The molecule has 4 heteroatoms. The first-order chi connectivity index (χ1) is 35.8. The van der Waals surface area contributed by atoms with Gasteiger partial charge in [-0.15, -0.1) is 0 Å². The topological polar surface area (TPSA) is 57.4 Å². The van der Waals surface area contributed by atoms with E-state index in [1.54, 1.807) is 0 Å². The van der Waals surface area contributed by atoms with Crippen LogP contribution in [0, 0.1) is 0 Å². The Balaban J connectivity index is 1.36. The van der Waals surface area contributed by atoms with Crippen molar-refractivity contribution in [3.8, 4) is 89.0 Å². The van der Waals surface area contributed by atoms with Gasteiger partial charge in [0.1, 0.15) is 0 Å². The molecule has 0 radical (unpaired) electrons. The summed E-state index contributed by atoms with van der Waals surface area (Å²) in [7, 11) is 0. The predicted molar refractivity (Wildman–Crippen MR) is 302 cm³/mol. The minimum absolute atomic E-state index is 0.851. The lowest BCUT2D eigenvalue weighted by molar-refractivity contribution is 1.31. The zero-order valence-electron chi connectivity index (χ0n) is 39.3. The molecule has 0 atom stereocenters. The fraction of sp³-hybridized carbons (Fsp3) is 0. The third kappa shape index (κ3) is 7.50. The van der Waals surface area contributed by atoms with Gasteiger partial charge in [0.2, 0.25) is 0 Å². The molecule has 8 bridgehead atoms. The summed E-state index contributed by atoms with van der Waals surface area (Å²) >= 11 is 0. The predicted octanol–water partition coefficient (Wildman–Crippen LogP) is 18.0. The average Bonchev–Trinajstić information content (AvgIpc) is 4.29. The summed E-state index contributed by atoms with van der Waals surface area (Å²) in [6.45, 7) is 0. The van der Waals surface area contributed by atoms with Crippen LogP contribution in [0.4, 0.5) is 0 Å². The highest BCUT2D eigenvalue weighted by Crippen LogP contribution is 2.50.